The number of hydrogen-bond donors (Lipinski definition) is 3. The summed E-state index contributed by atoms with van der Waals surface area (Å²) >= 11 is 5.86. The lowest BCUT2D eigenvalue weighted by Crippen LogP contribution is -2.32. The lowest BCUT2D eigenvalue weighted by Gasteiger charge is -2.17. The third kappa shape index (κ3) is 7.53. The molecule has 2 aromatic carbocycles. The van der Waals surface area contributed by atoms with Crippen LogP contribution in [0.2, 0.25) is 5.02 Å². The summed E-state index contributed by atoms with van der Waals surface area (Å²) in [6.45, 7) is 4.19. The summed E-state index contributed by atoms with van der Waals surface area (Å²) in [7, 11) is 1.91. The van der Waals surface area contributed by atoms with Crippen molar-refractivity contribution in [3.63, 3.8) is 0 Å². The fourth-order valence-electron chi connectivity index (χ4n) is 2.16. The molecule has 0 aliphatic rings. The molecule has 24 heavy (non-hydrogen) atoms. The lowest BCUT2D eigenvalue weighted by molar-refractivity contribution is 0.596. The van der Waals surface area contributed by atoms with E-state index < -0.39 is 0 Å². The number of halogens is 1. The minimum atomic E-state index is 0.204. The molecule has 0 spiro atoms. The average molecular weight is 346 g/mol. The van der Waals surface area contributed by atoms with Crippen molar-refractivity contribution in [1.82, 2.24) is 10.6 Å². The maximum absolute atomic E-state index is 6.00. The van der Waals surface area contributed by atoms with Crippen LogP contribution in [0, 0.1) is 0 Å². The van der Waals surface area contributed by atoms with Crippen LogP contribution in [0.15, 0.2) is 72.6 Å². The van der Waals surface area contributed by atoms with Crippen molar-refractivity contribution in [2.45, 2.75) is 32.4 Å². The zero-order chi connectivity index (χ0) is 17.8. The lowest BCUT2D eigenvalue weighted by atomic mass is 10.1. The van der Waals surface area contributed by atoms with Gasteiger partial charge in [0.1, 0.15) is 0 Å². The third-order valence-electron chi connectivity index (χ3n) is 3.70. The summed E-state index contributed by atoms with van der Waals surface area (Å²) in [6, 6.07) is 20.2. The number of likely N-dealkylation sites (N-methyl/N-ethyl adjacent to an activating group) is 1. The molecule has 2 rings (SSSR count). The molecule has 2 aromatic rings. The number of benzene rings is 2. The van der Waals surface area contributed by atoms with Gasteiger partial charge in [0.2, 0.25) is 0 Å². The van der Waals surface area contributed by atoms with E-state index in [4.69, 9.17) is 17.3 Å². The summed E-state index contributed by atoms with van der Waals surface area (Å²) in [6.07, 6.45) is 2.85. The molecule has 3 nitrogen and oxygen atoms in total. The molecule has 2 unspecified atom stereocenters. The molecule has 0 bridgehead atoms. The van der Waals surface area contributed by atoms with Gasteiger partial charge in [-0.25, -0.2) is 0 Å². The predicted molar refractivity (Wildman–Crippen MR) is 105 cm³/mol. The first-order chi connectivity index (χ1) is 11.6. The van der Waals surface area contributed by atoms with Crippen LogP contribution in [0.1, 0.15) is 31.9 Å². The molecule has 0 amide bonds. The zero-order valence-electron chi connectivity index (χ0n) is 14.7. The van der Waals surface area contributed by atoms with Gasteiger partial charge >= 0.3 is 0 Å². The quantitative estimate of drug-likeness (QED) is 0.723. The molecule has 0 saturated heterocycles. The molecule has 0 fully saturated rings. The Morgan fingerprint density at radius 3 is 2.00 bits per heavy atom. The second-order valence-corrected chi connectivity index (χ2v) is 5.92. The maximum Gasteiger partial charge on any atom is 0.0480 e. The van der Waals surface area contributed by atoms with Crippen molar-refractivity contribution in [2.75, 3.05) is 7.05 Å². The second-order valence-electron chi connectivity index (χ2n) is 5.49. The summed E-state index contributed by atoms with van der Waals surface area (Å²) in [5.41, 5.74) is 8.01. The normalized spacial score (nSPS) is 13.4. The van der Waals surface area contributed by atoms with Gasteiger partial charge in [0.25, 0.3) is 0 Å². The smallest absolute Gasteiger partial charge is 0.0480 e. The molecular formula is C20H28ClN3. The van der Waals surface area contributed by atoms with E-state index in [1.807, 2.05) is 73.9 Å². The topological polar surface area (TPSA) is 50.1 Å². The first-order valence-corrected chi connectivity index (χ1v) is 8.60. The highest BCUT2D eigenvalue weighted by atomic mass is 35.5. The molecule has 0 aliphatic heterocycles. The van der Waals surface area contributed by atoms with Gasteiger partial charge in [-0.05, 0) is 38.1 Å². The molecule has 0 heterocycles. The van der Waals surface area contributed by atoms with E-state index in [9.17, 15) is 0 Å². The van der Waals surface area contributed by atoms with E-state index in [0.29, 0.717) is 0 Å². The van der Waals surface area contributed by atoms with Crippen molar-refractivity contribution in [1.29, 1.82) is 0 Å². The molecule has 0 aliphatic carbocycles. The molecule has 2 atom stereocenters. The summed E-state index contributed by atoms with van der Waals surface area (Å²) in [4.78, 5) is 0. The Hall–Kier alpha value is -1.97. The first kappa shape index (κ1) is 20.1. The van der Waals surface area contributed by atoms with E-state index in [1.54, 1.807) is 0 Å². The van der Waals surface area contributed by atoms with E-state index >= 15 is 0 Å². The Morgan fingerprint density at radius 2 is 1.58 bits per heavy atom. The van der Waals surface area contributed by atoms with Gasteiger partial charge in [-0.1, -0.05) is 67.1 Å². The highest BCUT2D eigenvalue weighted by Crippen LogP contribution is 2.16. The second kappa shape index (κ2) is 11.5. The van der Waals surface area contributed by atoms with Gasteiger partial charge in [-0.3, -0.25) is 0 Å². The Balaban J connectivity index is 0.000000400. The average Bonchev–Trinajstić information content (AvgIpc) is 2.63. The molecule has 4 N–H and O–H groups in total. The van der Waals surface area contributed by atoms with Crippen LogP contribution >= 0.6 is 11.6 Å². The van der Waals surface area contributed by atoms with Crippen LogP contribution in [-0.2, 0) is 0 Å². The Morgan fingerprint density at radius 1 is 1.08 bits per heavy atom. The molecule has 0 aromatic heterocycles. The fourth-order valence-corrected chi connectivity index (χ4v) is 2.29. The van der Waals surface area contributed by atoms with Crippen LogP contribution in [0.3, 0.4) is 0 Å². The summed E-state index contributed by atoms with van der Waals surface area (Å²) < 4.78 is 0. The van der Waals surface area contributed by atoms with Gasteiger partial charge in [-0.15, -0.1) is 0 Å². The number of hydrogen-bond acceptors (Lipinski definition) is 3. The minimum Gasteiger partial charge on any atom is -0.400 e. The number of nitrogens with one attached hydrogen (secondary N) is 2. The van der Waals surface area contributed by atoms with Gasteiger partial charge in [0, 0.05) is 29.0 Å². The van der Waals surface area contributed by atoms with Crippen LogP contribution in [0.5, 0.6) is 0 Å². The van der Waals surface area contributed by atoms with Crippen molar-refractivity contribution >= 4 is 11.6 Å². The standard InChI is InChI=1S/C14H22ClN3.C6H6/c1-4-14(17-3)13(16)9-18-10(2)11-5-7-12(15)8-6-11;1-2-4-6-5-3-1/h5-10,14,17-18H,4,16H2,1-3H3;1-6H/b13-9+;. The molecule has 0 radical (unpaired) electrons. The molecule has 130 valence electrons. The predicted octanol–water partition coefficient (Wildman–Crippen LogP) is 4.48. The van der Waals surface area contributed by atoms with Crippen LogP contribution in [0.4, 0.5) is 0 Å². The minimum absolute atomic E-state index is 0.204. The largest absolute Gasteiger partial charge is 0.400 e. The SMILES string of the molecule is CCC(NC)/C(N)=C\NC(C)c1ccc(Cl)cc1.c1ccccc1. The van der Waals surface area contributed by atoms with E-state index in [2.05, 4.69) is 24.5 Å². The summed E-state index contributed by atoms with van der Waals surface area (Å²) in [5, 5.41) is 7.22. The van der Waals surface area contributed by atoms with Crippen LogP contribution in [0.25, 0.3) is 0 Å². The van der Waals surface area contributed by atoms with Gasteiger partial charge in [0.05, 0.1) is 0 Å². The Kier molecular flexibility index (Phi) is 9.66. The van der Waals surface area contributed by atoms with Gasteiger partial charge in [0.15, 0.2) is 0 Å². The van der Waals surface area contributed by atoms with Gasteiger partial charge < -0.3 is 16.4 Å². The summed E-state index contributed by atoms with van der Waals surface area (Å²) in [5.74, 6) is 0. The maximum atomic E-state index is 6.00. The number of nitrogens with two attached hydrogens (primary N) is 1. The molecule has 4 heteroatoms. The molecule has 0 saturated carbocycles. The Bertz CT molecular complexity index is 551. The van der Waals surface area contributed by atoms with Gasteiger partial charge in [-0.2, -0.15) is 0 Å². The van der Waals surface area contributed by atoms with E-state index in [-0.39, 0.29) is 12.1 Å². The number of rotatable bonds is 6. The van der Waals surface area contributed by atoms with Crippen molar-refractivity contribution in [3.05, 3.63) is 83.1 Å². The van der Waals surface area contributed by atoms with Crippen LogP contribution < -0.4 is 16.4 Å². The zero-order valence-corrected chi connectivity index (χ0v) is 15.4. The highest BCUT2D eigenvalue weighted by Gasteiger charge is 2.07. The monoisotopic (exact) mass is 345 g/mol. The Labute approximate surface area is 150 Å². The van der Waals surface area contributed by atoms with E-state index in [0.717, 1.165) is 17.1 Å². The first-order valence-electron chi connectivity index (χ1n) is 8.22. The third-order valence-corrected chi connectivity index (χ3v) is 3.95. The van der Waals surface area contributed by atoms with Crippen molar-refractivity contribution < 1.29 is 0 Å². The fraction of sp³-hybridized carbons (Fsp3) is 0.300. The molecular weight excluding hydrogens is 318 g/mol. The van der Waals surface area contributed by atoms with Crippen LogP contribution in [-0.4, -0.2) is 13.1 Å². The van der Waals surface area contributed by atoms with E-state index in [1.165, 1.54) is 5.56 Å². The highest BCUT2D eigenvalue weighted by molar-refractivity contribution is 6.30. The van der Waals surface area contributed by atoms with Crippen molar-refractivity contribution in [2.24, 2.45) is 5.73 Å². The van der Waals surface area contributed by atoms with Crippen molar-refractivity contribution in [3.8, 4) is 0 Å².